The molecule has 0 aliphatic rings. The van der Waals surface area contributed by atoms with E-state index < -0.39 is 0 Å². The van der Waals surface area contributed by atoms with Gasteiger partial charge in [0, 0.05) is 7.05 Å². The van der Waals surface area contributed by atoms with Crippen LogP contribution in [0.3, 0.4) is 0 Å². The molecule has 120 valence electrons. The van der Waals surface area contributed by atoms with E-state index in [2.05, 4.69) is 24.4 Å². The Morgan fingerprint density at radius 3 is 2.78 bits per heavy atom. The summed E-state index contributed by atoms with van der Waals surface area (Å²) in [4.78, 5) is 0.924. The molecule has 0 saturated carbocycles. The van der Waals surface area contributed by atoms with E-state index >= 15 is 0 Å². The highest BCUT2D eigenvalue weighted by molar-refractivity contribution is 7.13. The van der Waals surface area contributed by atoms with E-state index in [1.54, 1.807) is 18.4 Å². The Kier molecular flexibility index (Phi) is 4.72. The number of hydrogen-bond acceptors (Lipinski definition) is 4. The second kappa shape index (κ2) is 6.92. The topological polar surface area (TPSA) is 45.4 Å². The van der Waals surface area contributed by atoms with Gasteiger partial charge in [0.15, 0.2) is 11.5 Å². The molecule has 3 rings (SSSR count). The van der Waals surface area contributed by atoms with Gasteiger partial charge in [-0.1, -0.05) is 43.7 Å². The highest BCUT2D eigenvalue weighted by Crippen LogP contribution is 2.47. The Bertz CT molecular complexity index is 775. The van der Waals surface area contributed by atoms with Crippen LogP contribution in [0.1, 0.15) is 25.3 Å². The van der Waals surface area contributed by atoms with E-state index in [1.807, 2.05) is 29.6 Å². The molecule has 0 saturated heterocycles. The van der Waals surface area contributed by atoms with Crippen LogP contribution < -0.4 is 5.32 Å². The van der Waals surface area contributed by atoms with Gasteiger partial charge in [0.1, 0.15) is 0 Å². The molecule has 2 heterocycles. The van der Waals surface area contributed by atoms with E-state index in [0.29, 0.717) is 11.6 Å². The van der Waals surface area contributed by atoms with Gasteiger partial charge in [-0.3, -0.25) is 0 Å². The minimum absolute atomic E-state index is 0.199. The summed E-state index contributed by atoms with van der Waals surface area (Å²) in [6.07, 6.45) is 3.39. The summed E-state index contributed by atoms with van der Waals surface area (Å²) < 4.78 is 5.86. The molecule has 0 aliphatic heterocycles. The fourth-order valence-corrected chi connectivity index (χ4v) is 3.41. The molecule has 3 nitrogen and oxygen atoms in total. The molecule has 0 unspecified atom stereocenters. The zero-order chi connectivity index (χ0) is 16.2. The molecular formula is C19H21NO2S. The Balaban J connectivity index is 2.05. The van der Waals surface area contributed by atoms with Crippen molar-refractivity contribution in [1.82, 2.24) is 0 Å². The minimum Gasteiger partial charge on any atom is -0.504 e. The second-order valence-electron chi connectivity index (χ2n) is 5.52. The van der Waals surface area contributed by atoms with Gasteiger partial charge >= 0.3 is 0 Å². The Labute approximate surface area is 140 Å². The summed E-state index contributed by atoms with van der Waals surface area (Å²) in [5.74, 6) is 1.32. The number of aromatic hydroxyl groups is 1. The number of aryl methyl sites for hydroxylation is 1. The lowest BCUT2D eigenvalue weighted by Gasteiger charge is -2.06. The molecule has 23 heavy (non-hydrogen) atoms. The number of thiophene rings is 1. The number of anilines is 1. The Hall–Kier alpha value is -2.20. The van der Waals surface area contributed by atoms with Gasteiger partial charge in [0.25, 0.3) is 0 Å². The van der Waals surface area contributed by atoms with Crippen molar-refractivity contribution in [2.45, 2.75) is 26.2 Å². The third-order valence-electron chi connectivity index (χ3n) is 3.89. The van der Waals surface area contributed by atoms with Gasteiger partial charge in [-0.15, -0.1) is 11.3 Å². The third-order valence-corrected chi connectivity index (χ3v) is 4.76. The van der Waals surface area contributed by atoms with Crippen LogP contribution in [-0.2, 0) is 6.42 Å². The van der Waals surface area contributed by atoms with E-state index in [4.69, 9.17) is 4.42 Å². The third kappa shape index (κ3) is 3.13. The molecule has 0 bridgehead atoms. The zero-order valence-corrected chi connectivity index (χ0v) is 14.2. The van der Waals surface area contributed by atoms with Crippen LogP contribution >= 0.6 is 11.3 Å². The van der Waals surface area contributed by atoms with Crippen molar-refractivity contribution < 1.29 is 9.52 Å². The van der Waals surface area contributed by atoms with Crippen molar-refractivity contribution in [1.29, 1.82) is 0 Å². The molecule has 2 aromatic heterocycles. The highest BCUT2D eigenvalue weighted by atomic mass is 32.1. The van der Waals surface area contributed by atoms with Gasteiger partial charge in [-0.2, -0.15) is 0 Å². The largest absolute Gasteiger partial charge is 0.504 e. The summed E-state index contributed by atoms with van der Waals surface area (Å²) >= 11 is 1.55. The highest BCUT2D eigenvalue weighted by Gasteiger charge is 2.22. The number of furan rings is 1. The fraction of sp³-hybridized carbons (Fsp3) is 0.263. The van der Waals surface area contributed by atoms with Crippen molar-refractivity contribution in [3.63, 3.8) is 0 Å². The average molecular weight is 327 g/mol. The Morgan fingerprint density at radius 1 is 1.22 bits per heavy atom. The van der Waals surface area contributed by atoms with Crippen molar-refractivity contribution in [3.05, 3.63) is 47.3 Å². The van der Waals surface area contributed by atoms with Crippen molar-refractivity contribution in [3.8, 4) is 27.5 Å². The summed E-state index contributed by atoms with van der Waals surface area (Å²) in [5, 5.41) is 15.7. The summed E-state index contributed by atoms with van der Waals surface area (Å²) in [6, 6.07) is 12.2. The van der Waals surface area contributed by atoms with Crippen LogP contribution in [0.2, 0.25) is 0 Å². The van der Waals surface area contributed by atoms with Crippen LogP contribution in [0.5, 0.6) is 5.75 Å². The lowest BCUT2D eigenvalue weighted by molar-refractivity contribution is 0.467. The van der Waals surface area contributed by atoms with Crippen LogP contribution in [-0.4, -0.2) is 12.2 Å². The Morgan fingerprint density at radius 2 is 2.09 bits per heavy atom. The molecule has 3 aromatic rings. The first kappa shape index (κ1) is 15.7. The minimum atomic E-state index is 0.199. The number of rotatable bonds is 6. The number of hydrogen-bond donors (Lipinski definition) is 2. The number of benzene rings is 1. The SMILES string of the molecule is CCCCc1cccc(-c2c(NC)oc(-c3cccs3)c2O)c1. The standard InChI is InChI=1S/C19H21NO2S/c1-3-4-7-13-8-5-9-14(12-13)16-17(21)18(22-19(16)20-2)15-10-6-11-23-15/h5-6,8-12,20-21H,3-4,7H2,1-2H3. The maximum atomic E-state index is 10.7. The maximum Gasteiger partial charge on any atom is 0.205 e. The molecule has 2 N–H and O–H groups in total. The zero-order valence-electron chi connectivity index (χ0n) is 13.4. The molecule has 0 radical (unpaired) electrons. The molecular weight excluding hydrogens is 306 g/mol. The van der Waals surface area contributed by atoms with Gasteiger partial charge in [0.05, 0.1) is 10.4 Å². The molecule has 4 heteroatoms. The van der Waals surface area contributed by atoms with Crippen LogP contribution in [0.25, 0.3) is 21.8 Å². The smallest absolute Gasteiger partial charge is 0.205 e. The lowest BCUT2D eigenvalue weighted by Crippen LogP contribution is -1.90. The summed E-state index contributed by atoms with van der Waals surface area (Å²) in [7, 11) is 1.81. The van der Waals surface area contributed by atoms with Crippen LogP contribution in [0.4, 0.5) is 5.88 Å². The van der Waals surface area contributed by atoms with Gasteiger partial charge in [0.2, 0.25) is 5.88 Å². The number of unbranched alkanes of at least 4 members (excludes halogenated alkanes) is 1. The average Bonchev–Trinajstić information content (AvgIpc) is 3.20. The van der Waals surface area contributed by atoms with Crippen molar-refractivity contribution >= 4 is 17.2 Å². The molecule has 0 amide bonds. The lowest BCUT2D eigenvalue weighted by atomic mass is 10.0. The number of nitrogens with one attached hydrogen (secondary N) is 1. The van der Waals surface area contributed by atoms with Crippen LogP contribution in [0, 0.1) is 0 Å². The monoisotopic (exact) mass is 327 g/mol. The molecule has 0 fully saturated rings. The van der Waals surface area contributed by atoms with Crippen LogP contribution in [0.15, 0.2) is 46.2 Å². The molecule has 0 spiro atoms. The summed E-state index contributed by atoms with van der Waals surface area (Å²) in [5.41, 5.74) is 2.99. The van der Waals surface area contributed by atoms with Crippen molar-refractivity contribution in [2.75, 3.05) is 12.4 Å². The van der Waals surface area contributed by atoms with Gasteiger partial charge in [-0.25, -0.2) is 0 Å². The van der Waals surface area contributed by atoms with E-state index in [9.17, 15) is 5.11 Å². The van der Waals surface area contributed by atoms with E-state index in [1.165, 1.54) is 18.4 Å². The first-order valence-corrected chi connectivity index (χ1v) is 8.79. The second-order valence-corrected chi connectivity index (χ2v) is 6.46. The van der Waals surface area contributed by atoms with E-state index in [-0.39, 0.29) is 5.75 Å². The first-order chi connectivity index (χ1) is 11.2. The normalized spacial score (nSPS) is 10.9. The molecule has 0 aliphatic carbocycles. The fourth-order valence-electron chi connectivity index (χ4n) is 2.70. The van der Waals surface area contributed by atoms with Gasteiger partial charge < -0.3 is 14.8 Å². The molecule has 1 aromatic carbocycles. The predicted octanol–water partition coefficient (Wildman–Crippen LogP) is 5.77. The van der Waals surface area contributed by atoms with Gasteiger partial charge in [-0.05, 0) is 35.4 Å². The van der Waals surface area contributed by atoms with Crippen molar-refractivity contribution in [2.24, 2.45) is 0 Å². The van der Waals surface area contributed by atoms with E-state index in [0.717, 1.165) is 22.4 Å². The summed E-state index contributed by atoms with van der Waals surface area (Å²) in [6.45, 7) is 2.19. The maximum absolute atomic E-state index is 10.7. The predicted molar refractivity (Wildman–Crippen MR) is 97.3 cm³/mol. The molecule has 0 atom stereocenters. The first-order valence-electron chi connectivity index (χ1n) is 7.91. The quantitative estimate of drug-likeness (QED) is 0.604.